The van der Waals surface area contributed by atoms with Gasteiger partial charge < -0.3 is 9.13 Å². The number of hydrogen-bond acceptors (Lipinski definition) is 3. The van der Waals surface area contributed by atoms with Crippen molar-refractivity contribution >= 4 is 32.7 Å². The molecule has 0 aliphatic carbocycles. The van der Waals surface area contributed by atoms with E-state index in [9.17, 15) is 0 Å². The molecule has 0 amide bonds. The van der Waals surface area contributed by atoms with Crippen LogP contribution < -0.4 is 0 Å². The lowest BCUT2D eigenvalue weighted by molar-refractivity contribution is 1.07. The molecule has 0 fully saturated rings. The van der Waals surface area contributed by atoms with Crippen molar-refractivity contribution in [2.24, 2.45) is 0 Å². The van der Waals surface area contributed by atoms with Gasteiger partial charge in [-0.1, -0.05) is 164 Å². The molecule has 3 heterocycles. The molecule has 0 spiro atoms. The molecule has 0 unspecified atom stereocenters. The third-order valence-electron chi connectivity index (χ3n) is 11.0. The summed E-state index contributed by atoms with van der Waals surface area (Å²) in [6, 6.07) is 74.5. The quantitative estimate of drug-likeness (QED) is 0.163. The Hall–Kier alpha value is -7.89. The molecule has 11 rings (SSSR count). The van der Waals surface area contributed by atoms with Crippen molar-refractivity contribution in [2.45, 2.75) is 0 Å². The lowest BCUT2D eigenvalue weighted by Crippen LogP contribution is -2.02. The van der Waals surface area contributed by atoms with Crippen LogP contribution in [0.1, 0.15) is 0 Å². The van der Waals surface area contributed by atoms with Gasteiger partial charge in [0.2, 0.25) is 0 Å². The summed E-state index contributed by atoms with van der Waals surface area (Å²) in [7, 11) is 0. The lowest BCUT2D eigenvalue weighted by Gasteiger charge is -2.17. The summed E-state index contributed by atoms with van der Waals surface area (Å²) >= 11 is 0. The minimum Gasteiger partial charge on any atom is -0.309 e. The van der Waals surface area contributed by atoms with E-state index >= 15 is 0 Å². The average Bonchev–Trinajstić information content (AvgIpc) is 3.87. The number of fused-ring (bicyclic) bond motifs is 4. The van der Waals surface area contributed by atoms with Gasteiger partial charge in [0, 0.05) is 49.8 Å². The molecule has 0 radical (unpaired) electrons. The Balaban J connectivity index is 1.24. The van der Waals surface area contributed by atoms with E-state index in [0.29, 0.717) is 17.5 Å². The van der Waals surface area contributed by atoms with Crippen LogP contribution in [0.5, 0.6) is 0 Å². The van der Waals surface area contributed by atoms with Crippen molar-refractivity contribution in [1.82, 2.24) is 24.1 Å². The first-order valence-electron chi connectivity index (χ1n) is 19.5. The molecule has 5 heteroatoms. The van der Waals surface area contributed by atoms with Crippen molar-refractivity contribution in [3.8, 4) is 67.9 Å². The van der Waals surface area contributed by atoms with Crippen molar-refractivity contribution in [1.29, 1.82) is 0 Å². The summed E-state index contributed by atoms with van der Waals surface area (Å²) in [4.78, 5) is 15.7. The highest BCUT2D eigenvalue weighted by molar-refractivity contribution is 6.14. The van der Waals surface area contributed by atoms with Crippen LogP contribution in [0.15, 0.2) is 212 Å². The van der Waals surface area contributed by atoms with Crippen LogP contribution in [0, 0.1) is 0 Å². The number of nitrogens with zero attached hydrogens (tertiary/aromatic N) is 5. The van der Waals surface area contributed by atoms with Gasteiger partial charge in [0.05, 0.1) is 22.2 Å². The zero-order valence-corrected chi connectivity index (χ0v) is 31.4. The van der Waals surface area contributed by atoms with Crippen LogP contribution in [-0.4, -0.2) is 24.1 Å². The molecule has 0 N–H and O–H groups in total. The largest absolute Gasteiger partial charge is 0.309 e. The van der Waals surface area contributed by atoms with E-state index in [1.165, 1.54) is 16.2 Å². The van der Waals surface area contributed by atoms with Gasteiger partial charge in [-0.25, -0.2) is 15.0 Å². The Labute approximate surface area is 335 Å². The number of hydrogen-bond donors (Lipinski definition) is 0. The van der Waals surface area contributed by atoms with Crippen LogP contribution in [0.4, 0.5) is 0 Å². The Bertz CT molecular complexity index is 3200. The average molecular weight is 742 g/mol. The third kappa shape index (κ3) is 5.68. The van der Waals surface area contributed by atoms with Crippen molar-refractivity contribution < 1.29 is 0 Å². The number of para-hydroxylation sites is 5. The summed E-state index contributed by atoms with van der Waals surface area (Å²) in [6.45, 7) is 0. The van der Waals surface area contributed by atoms with Gasteiger partial charge in [-0.05, 0) is 59.7 Å². The van der Waals surface area contributed by atoms with Gasteiger partial charge in [-0.2, -0.15) is 0 Å². The topological polar surface area (TPSA) is 48.5 Å². The number of rotatable bonds is 7. The van der Waals surface area contributed by atoms with E-state index in [1.54, 1.807) is 0 Å². The smallest absolute Gasteiger partial charge is 0.164 e. The van der Waals surface area contributed by atoms with Crippen LogP contribution in [0.25, 0.3) is 101 Å². The van der Waals surface area contributed by atoms with Gasteiger partial charge in [-0.15, -0.1) is 0 Å². The summed E-state index contributed by atoms with van der Waals surface area (Å²) < 4.78 is 4.74. The molecule has 0 atom stereocenters. The highest BCUT2D eigenvalue weighted by Gasteiger charge is 2.23. The van der Waals surface area contributed by atoms with E-state index in [2.05, 4.69) is 185 Å². The predicted molar refractivity (Wildman–Crippen MR) is 238 cm³/mol. The Kier molecular flexibility index (Phi) is 8.07. The molecule has 272 valence electrons. The molecule has 0 saturated carbocycles. The minimum atomic E-state index is 0.603. The first-order chi connectivity index (χ1) is 28.8. The maximum absolute atomic E-state index is 5.31. The molecule has 0 saturated heterocycles. The second-order valence-corrected chi connectivity index (χ2v) is 14.4. The number of benzene rings is 8. The van der Waals surface area contributed by atoms with Crippen LogP contribution in [0.3, 0.4) is 0 Å². The minimum absolute atomic E-state index is 0.603. The molecule has 0 aliphatic heterocycles. The van der Waals surface area contributed by atoms with Crippen molar-refractivity contribution in [3.63, 3.8) is 0 Å². The lowest BCUT2D eigenvalue weighted by atomic mass is 9.94. The van der Waals surface area contributed by atoms with Gasteiger partial charge in [0.1, 0.15) is 0 Å². The first-order valence-corrected chi connectivity index (χ1v) is 19.5. The standard InChI is InChI=1S/C53H35N5/c1-5-18-36(19-6-1)51-54-52(37-20-7-2-8-21-37)56-53(55-51)46-34-39(49-35-38-22-13-15-30-47(38)57(49)40-23-9-3-10-24-40)32-33-42(46)44-28-17-29-45-43-27-14-16-31-48(43)58(50(44)45)41-25-11-4-12-26-41/h1-35H. The zero-order chi connectivity index (χ0) is 38.4. The van der Waals surface area contributed by atoms with Crippen molar-refractivity contribution in [3.05, 3.63) is 212 Å². The predicted octanol–water partition coefficient (Wildman–Crippen LogP) is 13.2. The first kappa shape index (κ1) is 33.4. The molecule has 0 aliphatic rings. The van der Waals surface area contributed by atoms with E-state index in [4.69, 9.17) is 15.0 Å². The van der Waals surface area contributed by atoms with Gasteiger partial charge in [0.25, 0.3) is 0 Å². The summed E-state index contributed by atoms with van der Waals surface area (Å²) in [5.41, 5.74) is 12.6. The van der Waals surface area contributed by atoms with Crippen LogP contribution in [0.2, 0.25) is 0 Å². The van der Waals surface area contributed by atoms with Crippen LogP contribution >= 0.6 is 0 Å². The molecule has 3 aromatic heterocycles. The van der Waals surface area contributed by atoms with Gasteiger partial charge >= 0.3 is 0 Å². The molecule has 0 bridgehead atoms. The highest BCUT2D eigenvalue weighted by atomic mass is 15.0. The molecular formula is C53H35N5. The second-order valence-electron chi connectivity index (χ2n) is 14.4. The zero-order valence-electron chi connectivity index (χ0n) is 31.4. The highest BCUT2D eigenvalue weighted by Crippen LogP contribution is 2.43. The fraction of sp³-hybridized carbons (Fsp3) is 0. The monoisotopic (exact) mass is 741 g/mol. The molecule has 58 heavy (non-hydrogen) atoms. The third-order valence-corrected chi connectivity index (χ3v) is 11.0. The Morgan fingerprint density at radius 1 is 0.310 bits per heavy atom. The second kappa shape index (κ2) is 14.0. The van der Waals surface area contributed by atoms with E-state index in [1.807, 2.05) is 36.4 Å². The molecule has 8 aromatic carbocycles. The Morgan fingerprint density at radius 2 is 0.845 bits per heavy atom. The maximum atomic E-state index is 5.31. The fourth-order valence-corrected chi connectivity index (χ4v) is 8.36. The summed E-state index contributed by atoms with van der Waals surface area (Å²) in [6.07, 6.45) is 0. The molecule has 11 aromatic rings. The molecular weight excluding hydrogens is 707 g/mol. The van der Waals surface area contributed by atoms with Gasteiger partial charge in [0.15, 0.2) is 17.5 Å². The fourth-order valence-electron chi connectivity index (χ4n) is 8.36. The normalized spacial score (nSPS) is 11.4. The maximum Gasteiger partial charge on any atom is 0.164 e. The van der Waals surface area contributed by atoms with Crippen LogP contribution in [-0.2, 0) is 0 Å². The van der Waals surface area contributed by atoms with Crippen molar-refractivity contribution in [2.75, 3.05) is 0 Å². The SMILES string of the molecule is c1ccc(-c2nc(-c3ccccc3)nc(-c3cc(-c4cc5ccccc5n4-c4ccccc4)ccc3-c3cccc4c5ccccc5n(-c5ccccc5)c34)n2)cc1. The number of aromatic nitrogens is 5. The molecule has 5 nitrogen and oxygen atoms in total. The summed E-state index contributed by atoms with van der Waals surface area (Å²) in [5.74, 6) is 1.85. The van der Waals surface area contributed by atoms with E-state index in [-0.39, 0.29) is 0 Å². The van der Waals surface area contributed by atoms with Gasteiger partial charge in [-0.3, -0.25) is 0 Å². The van der Waals surface area contributed by atoms with E-state index < -0.39 is 0 Å². The summed E-state index contributed by atoms with van der Waals surface area (Å²) in [5, 5.41) is 3.55. The Morgan fingerprint density at radius 3 is 1.52 bits per heavy atom. The van der Waals surface area contributed by atoms with E-state index in [0.717, 1.165) is 67.0 Å².